The van der Waals surface area contributed by atoms with E-state index >= 15 is 0 Å². The van der Waals surface area contributed by atoms with Crippen molar-refractivity contribution in [3.8, 4) is 0 Å². The molecule has 0 aliphatic rings. The lowest BCUT2D eigenvalue weighted by Crippen LogP contribution is -2.31. The summed E-state index contributed by atoms with van der Waals surface area (Å²) >= 11 is 0. The molecule has 0 spiro atoms. The van der Waals surface area contributed by atoms with Gasteiger partial charge < -0.3 is 9.84 Å². The van der Waals surface area contributed by atoms with Crippen LogP contribution in [0.25, 0.3) is 0 Å². The highest BCUT2D eigenvalue weighted by Crippen LogP contribution is 2.18. The molecule has 0 saturated heterocycles. The Morgan fingerprint density at radius 1 is 1.46 bits per heavy atom. The Kier molecular flexibility index (Phi) is 5.71. The van der Waals surface area contributed by atoms with E-state index in [9.17, 15) is 9.90 Å². The molecule has 3 nitrogen and oxygen atoms in total. The maximum absolute atomic E-state index is 11.1. The molecule has 1 N–H and O–H groups in total. The third-order valence-electron chi connectivity index (χ3n) is 2.41. The molecule has 0 rings (SSSR count). The van der Waals surface area contributed by atoms with Crippen LogP contribution in [0.4, 0.5) is 0 Å². The lowest BCUT2D eigenvalue weighted by Gasteiger charge is -2.22. The molecule has 78 valence electrons. The van der Waals surface area contributed by atoms with E-state index in [-0.39, 0.29) is 11.9 Å². The summed E-state index contributed by atoms with van der Waals surface area (Å²) < 4.78 is 4.56. The monoisotopic (exact) mass is 188 g/mol. The highest BCUT2D eigenvalue weighted by Gasteiger charge is 2.26. The normalized spacial score (nSPS) is 17.6. The molecule has 0 aromatic carbocycles. The summed E-state index contributed by atoms with van der Waals surface area (Å²) in [6.07, 6.45) is 1.36. The molecule has 3 heteroatoms. The maximum Gasteiger partial charge on any atom is 0.311 e. The molecular weight excluding hydrogens is 168 g/mol. The molecule has 0 radical (unpaired) electrons. The third kappa shape index (κ3) is 3.77. The number of aliphatic hydroxyl groups excluding tert-OH is 1. The van der Waals surface area contributed by atoms with Crippen molar-refractivity contribution in [1.82, 2.24) is 0 Å². The molecule has 0 aliphatic carbocycles. The zero-order valence-corrected chi connectivity index (χ0v) is 8.91. The van der Waals surface area contributed by atoms with Gasteiger partial charge in [-0.15, -0.1) is 0 Å². The first-order valence-corrected chi connectivity index (χ1v) is 4.80. The SMILES string of the molecule is CCC[C@@H](C)[C@H](O)[C@H](C)C(=O)OC. The van der Waals surface area contributed by atoms with E-state index in [1.54, 1.807) is 6.92 Å². The Labute approximate surface area is 80.1 Å². The van der Waals surface area contributed by atoms with Crippen molar-refractivity contribution < 1.29 is 14.6 Å². The fourth-order valence-corrected chi connectivity index (χ4v) is 1.44. The highest BCUT2D eigenvalue weighted by atomic mass is 16.5. The van der Waals surface area contributed by atoms with E-state index in [0.717, 1.165) is 12.8 Å². The van der Waals surface area contributed by atoms with Crippen LogP contribution in [0, 0.1) is 11.8 Å². The Balaban J connectivity index is 4.07. The van der Waals surface area contributed by atoms with Gasteiger partial charge in [0.1, 0.15) is 0 Å². The van der Waals surface area contributed by atoms with Gasteiger partial charge in [0.15, 0.2) is 0 Å². The van der Waals surface area contributed by atoms with Gasteiger partial charge >= 0.3 is 5.97 Å². The van der Waals surface area contributed by atoms with Crippen molar-refractivity contribution in [2.24, 2.45) is 11.8 Å². The molecule has 0 aromatic heterocycles. The summed E-state index contributed by atoms with van der Waals surface area (Å²) in [5.74, 6) is -0.610. The second-order valence-electron chi connectivity index (χ2n) is 3.57. The summed E-state index contributed by atoms with van der Waals surface area (Å²) in [5, 5.41) is 9.72. The lowest BCUT2D eigenvalue weighted by atomic mass is 9.90. The number of carbonyl (C=O) groups excluding carboxylic acids is 1. The van der Waals surface area contributed by atoms with Crippen LogP contribution in [-0.2, 0) is 9.53 Å². The van der Waals surface area contributed by atoms with Gasteiger partial charge in [-0.1, -0.05) is 20.3 Å². The molecule has 13 heavy (non-hydrogen) atoms. The lowest BCUT2D eigenvalue weighted by molar-refractivity contribution is -0.149. The molecule has 0 aromatic rings. The average Bonchev–Trinajstić information content (AvgIpc) is 2.14. The smallest absolute Gasteiger partial charge is 0.311 e. The van der Waals surface area contributed by atoms with Crippen LogP contribution in [0.15, 0.2) is 0 Å². The Morgan fingerprint density at radius 3 is 2.38 bits per heavy atom. The van der Waals surface area contributed by atoms with Gasteiger partial charge in [0, 0.05) is 0 Å². The highest BCUT2D eigenvalue weighted by molar-refractivity contribution is 5.72. The van der Waals surface area contributed by atoms with Gasteiger partial charge in [-0.3, -0.25) is 4.79 Å². The minimum atomic E-state index is -0.590. The van der Waals surface area contributed by atoms with Gasteiger partial charge in [-0.2, -0.15) is 0 Å². The summed E-state index contributed by atoms with van der Waals surface area (Å²) in [4.78, 5) is 11.1. The molecule has 0 heterocycles. The van der Waals surface area contributed by atoms with Gasteiger partial charge in [0.25, 0.3) is 0 Å². The van der Waals surface area contributed by atoms with Crippen LogP contribution in [0.5, 0.6) is 0 Å². The third-order valence-corrected chi connectivity index (χ3v) is 2.41. The van der Waals surface area contributed by atoms with Crippen molar-refractivity contribution in [2.75, 3.05) is 7.11 Å². The van der Waals surface area contributed by atoms with Gasteiger partial charge in [-0.25, -0.2) is 0 Å². The zero-order valence-electron chi connectivity index (χ0n) is 8.91. The van der Waals surface area contributed by atoms with Crippen molar-refractivity contribution >= 4 is 5.97 Å². The first kappa shape index (κ1) is 12.4. The van der Waals surface area contributed by atoms with Crippen LogP contribution in [0.3, 0.4) is 0 Å². The average molecular weight is 188 g/mol. The molecule has 0 bridgehead atoms. The Morgan fingerprint density at radius 2 is 2.00 bits per heavy atom. The van der Waals surface area contributed by atoms with Crippen LogP contribution >= 0.6 is 0 Å². The predicted molar refractivity (Wildman–Crippen MR) is 51.3 cm³/mol. The number of carbonyl (C=O) groups is 1. The molecule has 3 atom stereocenters. The van der Waals surface area contributed by atoms with Crippen LogP contribution in [-0.4, -0.2) is 24.3 Å². The van der Waals surface area contributed by atoms with Crippen LogP contribution in [0.1, 0.15) is 33.6 Å². The largest absolute Gasteiger partial charge is 0.469 e. The number of hydrogen-bond donors (Lipinski definition) is 1. The summed E-state index contributed by atoms with van der Waals surface area (Å²) in [7, 11) is 1.34. The molecule has 0 aliphatic heterocycles. The van der Waals surface area contributed by atoms with E-state index in [4.69, 9.17) is 0 Å². The first-order chi connectivity index (χ1) is 6.04. The first-order valence-electron chi connectivity index (χ1n) is 4.80. The van der Waals surface area contributed by atoms with Crippen molar-refractivity contribution in [3.63, 3.8) is 0 Å². The molecule has 0 amide bonds. The standard InChI is InChI=1S/C10H20O3/c1-5-6-7(2)9(11)8(3)10(12)13-4/h7-9,11H,5-6H2,1-4H3/t7-,8+,9+/m1/s1. The minimum absolute atomic E-state index is 0.152. The topological polar surface area (TPSA) is 46.5 Å². The van der Waals surface area contributed by atoms with E-state index in [0.29, 0.717) is 0 Å². The number of rotatable bonds is 5. The molecular formula is C10H20O3. The van der Waals surface area contributed by atoms with Crippen LogP contribution in [0.2, 0.25) is 0 Å². The molecule has 0 unspecified atom stereocenters. The Hall–Kier alpha value is -0.570. The molecule has 0 fully saturated rings. The van der Waals surface area contributed by atoms with E-state index in [1.807, 2.05) is 6.92 Å². The minimum Gasteiger partial charge on any atom is -0.469 e. The van der Waals surface area contributed by atoms with Gasteiger partial charge in [0.2, 0.25) is 0 Å². The van der Waals surface area contributed by atoms with Crippen LogP contribution < -0.4 is 0 Å². The summed E-state index contributed by atoms with van der Waals surface area (Å²) in [6, 6.07) is 0. The summed E-state index contributed by atoms with van der Waals surface area (Å²) in [6.45, 7) is 5.71. The predicted octanol–water partition coefficient (Wildman–Crippen LogP) is 1.59. The number of aliphatic hydroxyl groups is 1. The van der Waals surface area contributed by atoms with E-state index in [1.165, 1.54) is 7.11 Å². The quantitative estimate of drug-likeness (QED) is 0.666. The number of ether oxygens (including phenoxy) is 1. The second kappa shape index (κ2) is 5.97. The van der Waals surface area contributed by atoms with Gasteiger partial charge in [0.05, 0.1) is 19.1 Å². The number of methoxy groups -OCH3 is 1. The van der Waals surface area contributed by atoms with Gasteiger partial charge in [-0.05, 0) is 19.3 Å². The van der Waals surface area contributed by atoms with E-state index in [2.05, 4.69) is 11.7 Å². The fourth-order valence-electron chi connectivity index (χ4n) is 1.44. The Bertz CT molecular complexity index is 156. The number of hydrogen-bond acceptors (Lipinski definition) is 3. The maximum atomic E-state index is 11.1. The number of esters is 1. The van der Waals surface area contributed by atoms with Crippen molar-refractivity contribution in [2.45, 2.75) is 39.7 Å². The summed E-state index contributed by atoms with van der Waals surface area (Å²) in [5.41, 5.74) is 0. The van der Waals surface area contributed by atoms with Crippen molar-refractivity contribution in [3.05, 3.63) is 0 Å². The fraction of sp³-hybridized carbons (Fsp3) is 0.900. The molecule has 0 saturated carbocycles. The van der Waals surface area contributed by atoms with Crippen molar-refractivity contribution in [1.29, 1.82) is 0 Å². The second-order valence-corrected chi connectivity index (χ2v) is 3.57. The van der Waals surface area contributed by atoms with E-state index < -0.39 is 12.0 Å². The zero-order chi connectivity index (χ0) is 10.4.